The van der Waals surface area contributed by atoms with Gasteiger partial charge in [0.2, 0.25) is 5.91 Å². The Kier molecular flexibility index (Phi) is 6.12. The van der Waals surface area contributed by atoms with Gasteiger partial charge in [0.1, 0.15) is 11.8 Å². The second-order valence-electron chi connectivity index (χ2n) is 7.10. The van der Waals surface area contributed by atoms with Crippen molar-refractivity contribution in [1.82, 2.24) is 0 Å². The highest BCUT2D eigenvalue weighted by atomic mass is 35.5. The van der Waals surface area contributed by atoms with Crippen LogP contribution in [0.25, 0.3) is 0 Å². The van der Waals surface area contributed by atoms with Gasteiger partial charge in [-0.15, -0.1) is 0 Å². The smallest absolute Gasteiger partial charge is 0.416 e. The summed E-state index contributed by atoms with van der Waals surface area (Å²) >= 11 is 5.99. The summed E-state index contributed by atoms with van der Waals surface area (Å²) in [7, 11) is 0. The molecule has 0 fully saturated rings. The zero-order chi connectivity index (χ0) is 22.1. The van der Waals surface area contributed by atoms with E-state index in [9.17, 15) is 22.8 Å². The number of hydrogen-bond donors (Lipinski definition) is 3. The van der Waals surface area contributed by atoms with Gasteiger partial charge in [-0.25, -0.2) is 0 Å². The minimum Gasteiger partial charge on any atom is -0.482 e. The second-order valence-corrected chi connectivity index (χ2v) is 7.50. The molecule has 0 radical (unpaired) electrons. The van der Waals surface area contributed by atoms with Crippen LogP contribution in [0.5, 0.6) is 5.75 Å². The number of halogens is 4. The van der Waals surface area contributed by atoms with Crippen LogP contribution in [0.1, 0.15) is 19.4 Å². The molecule has 3 rings (SSSR count). The fourth-order valence-corrected chi connectivity index (χ4v) is 3.13. The van der Waals surface area contributed by atoms with E-state index in [-0.39, 0.29) is 29.1 Å². The summed E-state index contributed by atoms with van der Waals surface area (Å²) < 4.78 is 43.8. The van der Waals surface area contributed by atoms with Crippen LogP contribution in [0.15, 0.2) is 36.4 Å². The predicted molar refractivity (Wildman–Crippen MR) is 108 cm³/mol. The van der Waals surface area contributed by atoms with E-state index in [0.717, 1.165) is 12.1 Å². The molecule has 1 unspecified atom stereocenters. The van der Waals surface area contributed by atoms with Crippen LogP contribution < -0.4 is 20.7 Å². The van der Waals surface area contributed by atoms with E-state index in [1.165, 1.54) is 6.07 Å². The maximum Gasteiger partial charge on any atom is 0.416 e. The van der Waals surface area contributed by atoms with Crippen molar-refractivity contribution < 1.29 is 27.5 Å². The molecule has 1 aliphatic rings. The summed E-state index contributed by atoms with van der Waals surface area (Å²) in [6.07, 6.45) is -4.51. The molecule has 0 bridgehead atoms. The fraction of sp³-hybridized carbons (Fsp3) is 0.300. The van der Waals surface area contributed by atoms with E-state index in [4.69, 9.17) is 16.3 Å². The number of fused-ring (bicyclic) bond motifs is 1. The number of nitrogens with one attached hydrogen (secondary N) is 3. The number of hydrogen-bond acceptors (Lipinski definition) is 4. The molecule has 30 heavy (non-hydrogen) atoms. The Morgan fingerprint density at radius 1 is 1.20 bits per heavy atom. The van der Waals surface area contributed by atoms with Crippen molar-refractivity contribution in [3.05, 3.63) is 47.0 Å². The molecule has 10 heteroatoms. The molecule has 2 aromatic carbocycles. The minimum absolute atomic E-state index is 0.0774. The molecule has 0 aromatic heterocycles. The Morgan fingerprint density at radius 2 is 1.93 bits per heavy atom. The highest BCUT2D eigenvalue weighted by molar-refractivity contribution is 6.33. The third-order valence-corrected chi connectivity index (χ3v) is 4.75. The standard InChI is InChI=1S/C20H19ClF3N3O3/c1-10(2)18(27-14-5-3-11(7-13(14)21)20(22,23)24)19(29)25-12-4-6-16-15(8-12)26-17(28)9-30-16/h3-8,10,18,27H,9H2,1-2H3,(H,25,29)(H,26,28). The first kappa shape index (κ1) is 21.8. The lowest BCUT2D eigenvalue weighted by Gasteiger charge is -2.24. The topological polar surface area (TPSA) is 79.5 Å². The third-order valence-electron chi connectivity index (χ3n) is 4.44. The molecule has 0 saturated heterocycles. The number of amides is 2. The Hall–Kier alpha value is -2.94. The molecule has 1 aliphatic heterocycles. The lowest BCUT2D eigenvalue weighted by Crippen LogP contribution is -2.39. The van der Waals surface area contributed by atoms with Crippen LogP contribution >= 0.6 is 11.6 Å². The predicted octanol–water partition coefficient (Wildman–Crippen LogP) is 4.76. The maximum absolute atomic E-state index is 12.8. The average molecular weight is 442 g/mol. The van der Waals surface area contributed by atoms with E-state index < -0.39 is 23.7 Å². The van der Waals surface area contributed by atoms with Gasteiger partial charge >= 0.3 is 6.18 Å². The SMILES string of the molecule is CC(C)C(Nc1ccc(C(F)(F)F)cc1Cl)C(=O)Nc1ccc2c(c1)NC(=O)CO2. The first-order valence-corrected chi connectivity index (χ1v) is 9.43. The van der Waals surface area contributed by atoms with Crippen molar-refractivity contribution in [2.75, 3.05) is 22.6 Å². The molecule has 0 spiro atoms. The quantitative estimate of drug-likeness (QED) is 0.624. The molecule has 6 nitrogen and oxygen atoms in total. The molecule has 0 saturated carbocycles. The van der Waals surface area contributed by atoms with Crippen molar-refractivity contribution in [2.45, 2.75) is 26.1 Å². The maximum atomic E-state index is 12.8. The van der Waals surface area contributed by atoms with Gasteiger partial charge in [0.25, 0.3) is 5.91 Å². The second kappa shape index (κ2) is 8.43. The van der Waals surface area contributed by atoms with Gasteiger partial charge in [-0.2, -0.15) is 13.2 Å². The lowest BCUT2D eigenvalue weighted by molar-refractivity contribution is -0.137. The van der Waals surface area contributed by atoms with E-state index in [0.29, 0.717) is 17.1 Å². The minimum atomic E-state index is -4.51. The molecule has 2 amide bonds. The van der Waals surface area contributed by atoms with Crippen molar-refractivity contribution in [1.29, 1.82) is 0 Å². The average Bonchev–Trinajstić information content (AvgIpc) is 2.65. The van der Waals surface area contributed by atoms with Crippen LogP contribution in [0, 0.1) is 5.92 Å². The van der Waals surface area contributed by atoms with Gasteiger partial charge in [0, 0.05) is 5.69 Å². The fourth-order valence-electron chi connectivity index (χ4n) is 2.89. The largest absolute Gasteiger partial charge is 0.482 e. The summed E-state index contributed by atoms with van der Waals surface area (Å²) in [6, 6.07) is 6.93. The first-order chi connectivity index (χ1) is 14.0. The molecule has 160 valence electrons. The van der Waals surface area contributed by atoms with Crippen molar-refractivity contribution in [2.24, 2.45) is 5.92 Å². The van der Waals surface area contributed by atoms with E-state index in [1.54, 1.807) is 32.0 Å². The van der Waals surface area contributed by atoms with Crippen molar-refractivity contribution in [3.63, 3.8) is 0 Å². The third kappa shape index (κ3) is 4.96. The summed E-state index contributed by atoms with van der Waals surface area (Å²) in [6.45, 7) is 3.50. The molecule has 1 heterocycles. The van der Waals surface area contributed by atoms with E-state index in [1.807, 2.05) is 0 Å². The monoisotopic (exact) mass is 441 g/mol. The number of ether oxygens (including phenoxy) is 1. The van der Waals surface area contributed by atoms with Gasteiger partial charge in [-0.05, 0) is 42.3 Å². The Bertz CT molecular complexity index is 979. The van der Waals surface area contributed by atoms with Crippen LogP contribution in [0.4, 0.5) is 30.2 Å². The van der Waals surface area contributed by atoms with E-state index >= 15 is 0 Å². The summed E-state index contributed by atoms with van der Waals surface area (Å²) in [5.74, 6) is -0.430. The van der Waals surface area contributed by atoms with Crippen molar-refractivity contribution >= 4 is 40.5 Å². The van der Waals surface area contributed by atoms with Crippen molar-refractivity contribution in [3.8, 4) is 5.75 Å². The van der Waals surface area contributed by atoms with E-state index in [2.05, 4.69) is 16.0 Å². The highest BCUT2D eigenvalue weighted by Gasteiger charge is 2.31. The summed E-state index contributed by atoms with van der Waals surface area (Å²) in [5.41, 5.74) is 0.200. The molecular formula is C20H19ClF3N3O3. The number of anilines is 3. The Labute approximate surface area is 175 Å². The summed E-state index contributed by atoms with van der Waals surface area (Å²) in [5, 5.41) is 8.15. The highest BCUT2D eigenvalue weighted by Crippen LogP contribution is 2.34. The zero-order valence-electron chi connectivity index (χ0n) is 16.1. The van der Waals surface area contributed by atoms with Crippen LogP contribution in [0.3, 0.4) is 0 Å². The summed E-state index contributed by atoms with van der Waals surface area (Å²) in [4.78, 5) is 24.3. The van der Waals surface area contributed by atoms with Crippen LogP contribution in [-0.2, 0) is 15.8 Å². The normalized spacial score (nSPS) is 14.4. The van der Waals surface area contributed by atoms with Gasteiger partial charge in [-0.1, -0.05) is 25.4 Å². The van der Waals surface area contributed by atoms with Crippen LogP contribution in [-0.4, -0.2) is 24.5 Å². The Morgan fingerprint density at radius 3 is 2.57 bits per heavy atom. The zero-order valence-corrected chi connectivity index (χ0v) is 16.8. The number of carbonyl (C=O) groups excluding carboxylic acids is 2. The van der Waals surface area contributed by atoms with Gasteiger partial charge < -0.3 is 20.7 Å². The van der Waals surface area contributed by atoms with Gasteiger partial charge in [0.15, 0.2) is 6.61 Å². The number of benzene rings is 2. The molecule has 2 aromatic rings. The molecular weight excluding hydrogens is 423 g/mol. The first-order valence-electron chi connectivity index (χ1n) is 9.05. The lowest BCUT2D eigenvalue weighted by atomic mass is 10.0. The molecule has 3 N–H and O–H groups in total. The van der Waals surface area contributed by atoms with Gasteiger partial charge in [-0.3, -0.25) is 9.59 Å². The van der Waals surface area contributed by atoms with Crippen LogP contribution in [0.2, 0.25) is 5.02 Å². The molecule has 0 aliphatic carbocycles. The molecule has 1 atom stereocenters. The Balaban J connectivity index is 1.76. The van der Waals surface area contributed by atoms with Gasteiger partial charge in [0.05, 0.1) is 22.0 Å². The number of alkyl halides is 3. The number of rotatable bonds is 5. The number of carbonyl (C=O) groups is 2.